The van der Waals surface area contributed by atoms with Crippen molar-refractivity contribution in [2.45, 2.75) is 76.7 Å². The van der Waals surface area contributed by atoms with Gasteiger partial charge in [-0.15, -0.1) is 0 Å². The lowest BCUT2D eigenvalue weighted by Crippen LogP contribution is -2.57. The molecule has 2 aliphatic rings. The lowest BCUT2D eigenvalue weighted by Gasteiger charge is -2.48. The van der Waals surface area contributed by atoms with Crippen LogP contribution in [0.1, 0.15) is 52.9 Å². The predicted octanol–water partition coefficient (Wildman–Crippen LogP) is 4.99. The molecule has 4 nitrogen and oxygen atoms in total. The summed E-state index contributed by atoms with van der Waals surface area (Å²) in [5.74, 6) is 0.927. The van der Waals surface area contributed by atoms with Gasteiger partial charge < -0.3 is 14.4 Å². The summed E-state index contributed by atoms with van der Waals surface area (Å²) >= 11 is 2.30. The van der Waals surface area contributed by atoms with E-state index in [1.807, 2.05) is 37.8 Å². The number of hydrogen-bond donors (Lipinski definition) is 0. The summed E-state index contributed by atoms with van der Waals surface area (Å²) in [6, 6.07) is 8.63. The standard InChI is InChI=1S/C19H26INO3/c1-19(2,3)24-18(22)21-14-7-5-8-15(21)12-17(11-14)23-16-9-4-6-13(20)10-16/h4,6,9-10,14-15,17H,5,7-8,11-12H2,1-3H3/t14-,15+,17?. The Kier molecular flexibility index (Phi) is 5.27. The molecule has 1 aromatic rings. The molecule has 2 saturated heterocycles. The number of rotatable bonds is 2. The highest BCUT2D eigenvalue weighted by molar-refractivity contribution is 14.1. The fourth-order valence-electron chi connectivity index (χ4n) is 3.77. The number of carbonyl (C=O) groups excluding carboxylic acids is 1. The molecule has 3 rings (SSSR count). The first-order valence-electron chi connectivity index (χ1n) is 8.75. The second-order valence-electron chi connectivity index (χ2n) is 7.79. The lowest BCUT2D eigenvalue weighted by atomic mass is 9.83. The Balaban J connectivity index is 1.68. The SMILES string of the molecule is CC(C)(C)OC(=O)N1[C@@H]2CCC[C@H]1CC(Oc1cccc(I)c1)C2. The van der Waals surface area contributed by atoms with Gasteiger partial charge >= 0.3 is 6.09 Å². The summed E-state index contributed by atoms with van der Waals surface area (Å²) in [5.41, 5.74) is -0.445. The molecule has 2 fully saturated rings. The predicted molar refractivity (Wildman–Crippen MR) is 102 cm³/mol. The van der Waals surface area contributed by atoms with Crippen LogP contribution >= 0.6 is 22.6 Å². The summed E-state index contributed by atoms with van der Waals surface area (Å²) in [4.78, 5) is 14.6. The number of fused-ring (bicyclic) bond motifs is 2. The Morgan fingerprint density at radius 3 is 2.46 bits per heavy atom. The molecule has 0 aliphatic carbocycles. The molecule has 2 aliphatic heterocycles. The number of benzene rings is 1. The first kappa shape index (κ1) is 17.8. The van der Waals surface area contributed by atoms with Crippen molar-refractivity contribution >= 4 is 28.7 Å². The average Bonchev–Trinajstić information content (AvgIpc) is 2.44. The van der Waals surface area contributed by atoms with Gasteiger partial charge in [-0.05, 0) is 80.8 Å². The number of nitrogens with zero attached hydrogens (tertiary/aromatic N) is 1. The van der Waals surface area contributed by atoms with Gasteiger partial charge in [0, 0.05) is 28.5 Å². The number of ether oxygens (including phenoxy) is 2. The molecule has 1 unspecified atom stereocenters. The van der Waals surface area contributed by atoms with Crippen LogP contribution in [0.5, 0.6) is 5.75 Å². The van der Waals surface area contributed by atoms with E-state index in [0.29, 0.717) is 0 Å². The zero-order chi connectivity index (χ0) is 17.3. The number of hydrogen-bond acceptors (Lipinski definition) is 3. The molecule has 24 heavy (non-hydrogen) atoms. The average molecular weight is 443 g/mol. The second kappa shape index (κ2) is 7.10. The van der Waals surface area contributed by atoms with Crippen molar-refractivity contribution < 1.29 is 14.3 Å². The summed E-state index contributed by atoms with van der Waals surface area (Å²) in [6.45, 7) is 5.77. The van der Waals surface area contributed by atoms with Gasteiger partial charge in [-0.1, -0.05) is 6.07 Å². The molecule has 0 aromatic heterocycles. The summed E-state index contributed by atoms with van der Waals surface area (Å²) in [5, 5.41) is 0. The third-order valence-electron chi connectivity index (χ3n) is 4.63. The van der Waals surface area contributed by atoms with Gasteiger partial charge in [-0.2, -0.15) is 0 Å². The van der Waals surface area contributed by atoms with Crippen LogP contribution < -0.4 is 4.74 Å². The minimum Gasteiger partial charge on any atom is -0.490 e. The van der Waals surface area contributed by atoms with Gasteiger partial charge in [0.2, 0.25) is 0 Å². The van der Waals surface area contributed by atoms with Crippen LogP contribution in [0.2, 0.25) is 0 Å². The van der Waals surface area contributed by atoms with Crippen molar-refractivity contribution in [3.8, 4) is 5.75 Å². The smallest absolute Gasteiger partial charge is 0.410 e. The molecule has 132 valence electrons. The minimum atomic E-state index is -0.445. The number of carbonyl (C=O) groups is 1. The molecule has 0 radical (unpaired) electrons. The van der Waals surface area contributed by atoms with E-state index in [2.05, 4.69) is 34.7 Å². The van der Waals surface area contributed by atoms with Crippen LogP contribution in [0.4, 0.5) is 4.79 Å². The maximum absolute atomic E-state index is 12.6. The van der Waals surface area contributed by atoms with Crippen LogP contribution in [0.3, 0.4) is 0 Å². The molecule has 2 heterocycles. The molecule has 0 spiro atoms. The fourth-order valence-corrected chi connectivity index (χ4v) is 4.29. The topological polar surface area (TPSA) is 38.8 Å². The van der Waals surface area contributed by atoms with Crippen LogP contribution in [0, 0.1) is 3.57 Å². The largest absolute Gasteiger partial charge is 0.490 e. The van der Waals surface area contributed by atoms with Crippen molar-refractivity contribution in [1.29, 1.82) is 0 Å². The first-order valence-corrected chi connectivity index (χ1v) is 9.83. The van der Waals surface area contributed by atoms with Crippen molar-refractivity contribution in [1.82, 2.24) is 4.90 Å². The van der Waals surface area contributed by atoms with Crippen LogP contribution in [0.25, 0.3) is 0 Å². The Hall–Kier alpha value is -0.980. The van der Waals surface area contributed by atoms with E-state index in [1.165, 1.54) is 9.99 Å². The Morgan fingerprint density at radius 1 is 1.21 bits per heavy atom. The highest BCUT2D eigenvalue weighted by atomic mass is 127. The zero-order valence-electron chi connectivity index (χ0n) is 14.6. The monoisotopic (exact) mass is 443 g/mol. The zero-order valence-corrected chi connectivity index (χ0v) is 16.8. The third kappa shape index (κ3) is 4.35. The highest BCUT2D eigenvalue weighted by Gasteiger charge is 2.43. The maximum atomic E-state index is 12.6. The molecule has 1 aromatic carbocycles. The molecule has 0 N–H and O–H groups in total. The Labute approximate surface area is 158 Å². The van der Waals surface area contributed by atoms with Crippen LogP contribution in [-0.2, 0) is 4.74 Å². The van der Waals surface area contributed by atoms with E-state index in [4.69, 9.17) is 9.47 Å². The molecule has 5 heteroatoms. The number of amides is 1. The molecular weight excluding hydrogens is 417 g/mol. The molecular formula is C19H26INO3. The second-order valence-corrected chi connectivity index (χ2v) is 9.04. The van der Waals surface area contributed by atoms with Crippen LogP contribution in [-0.4, -0.2) is 34.8 Å². The third-order valence-corrected chi connectivity index (χ3v) is 5.31. The first-order chi connectivity index (χ1) is 11.3. The van der Waals surface area contributed by atoms with E-state index >= 15 is 0 Å². The van der Waals surface area contributed by atoms with Gasteiger partial charge in [0.1, 0.15) is 17.5 Å². The van der Waals surface area contributed by atoms with Crippen molar-refractivity contribution in [3.63, 3.8) is 0 Å². The van der Waals surface area contributed by atoms with E-state index in [9.17, 15) is 4.79 Å². The van der Waals surface area contributed by atoms with Gasteiger partial charge in [0.25, 0.3) is 0 Å². The Bertz CT molecular complexity index is 585. The van der Waals surface area contributed by atoms with Crippen molar-refractivity contribution in [3.05, 3.63) is 27.8 Å². The molecule has 2 bridgehead atoms. The van der Waals surface area contributed by atoms with Gasteiger partial charge in [-0.25, -0.2) is 4.79 Å². The molecule has 0 saturated carbocycles. The van der Waals surface area contributed by atoms with E-state index in [0.717, 1.165) is 31.4 Å². The fraction of sp³-hybridized carbons (Fsp3) is 0.632. The van der Waals surface area contributed by atoms with Crippen molar-refractivity contribution in [2.24, 2.45) is 0 Å². The number of piperidine rings is 2. The lowest BCUT2D eigenvalue weighted by molar-refractivity contribution is -0.0406. The Morgan fingerprint density at radius 2 is 1.88 bits per heavy atom. The van der Waals surface area contributed by atoms with E-state index in [-0.39, 0.29) is 24.3 Å². The normalized spacial score (nSPS) is 26.8. The summed E-state index contributed by atoms with van der Waals surface area (Å²) in [7, 11) is 0. The van der Waals surface area contributed by atoms with Crippen molar-refractivity contribution in [2.75, 3.05) is 0 Å². The molecule has 3 atom stereocenters. The van der Waals surface area contributed by atoms with Crippen LogP contribution in [0.15, 0.2) is 24.3 Å². The quantitative estimate of drug-likeness (QED) is 0.605. The minimum absolute atomic E-state index is 0.162. The van der Waals surface area contributed by atoms with Gasteiger partial charge in [0.15, 0.2) is 0 Å². The highest BCUT2D eigenvalue weighted by Crippen LogP contribution is 2.36. The summed E-state index contributed by atoms with van der Waals surface area (Å²) in [6.07, 6.45) is 5.07. The van der Waals surface area contributed by atoms with E-state index in [1.54, 1.807) is 0 Å². The maximum Gasteiger partial charge on any atom is 0.410 e. The summed E-state index contributed by atoms with van der Waals surface area (Å²) < 4.78 is 13.0. The molecule has 1 amide bonds. The van der Waals surface area contributed by atoms with Gasteiger partial charge in [0.05, 0.1) is 0 Å². The number of halogens is 1. The van der Waals surface area contributed by atoms with Gasteiger partial charge in [-0.3, -0.25) is 0 Å². The van der Waals surface area contributed by atoms with E-state index < -0.39 is 5.60 Å².